The van der Waals surface area contributed by atoms with E-state index in [1.807, 2.05) is 30.3 Å². The van der Waals surface area contributed by atoms with Crippen molar-refractivity contribution >= 4 is 17.4 Å². The van der Waals surface area contributed by atoms with E-state index in [9.17, 15) is 0 Å². The molecule has 3 atom stereocenters. The fourth-order valence-corrected chi connectivity index (χ4v) is 3.37. The molecule has 0 saturated carbocycles. The second-order valence-electron chi connectivity index (χ2n) is 5.63. The topological polar surface area (TPSA) is 47.0 Å². The third-order valence-electron chi connectivity index (χ3n) is 4.17. The van der Waals surface area contributed by atoms with Gasteiger partial charge in [-0.1, -0.05) is 41.9 Å². The Hall–Kier alpha value is -1.65. The second-order valence-corrected chi connectivity index (χ2v) is 6.01. The van der Waals surface area contributed by atoms with Crippen LogP contribution >= 0.6 is 11.6 Å². The van der Waals surface area contributed by atoms with Crippen LogP contribution in [0, 0.1) is 0 Å². The predicted molar refractivity (Wildman–Crippen MR) is 82.4 cm³/mol. The summed E-state index contributed by atoms with van der Waals surface area (Å²) >= 11 is 6.14. The van der Waals surface area contributed by atoms with Crippen LogP contribution in [-0.2, 0) is 4.74 Å². The minimum Gasteiger partial charge on any atom is -0.373 e. The van der Waals surface area contributed by atoms with Gasteiger partial charge in [0, 0.05) is 11.6 Å². The van der Waals surface area contributed by atoms with E-state index in [1.165, 1.54) is 6.42 Å². The van der Waals surface area contributed by atoms with Gasteiger partial charge in [-0.05, 0) is 19.3 Å². The first kappa shape index (κ1) is 13.0. The maximum atomic E-state index is 6.14. The Labute approximate surface area is 128 Å². The lowest BCUT2D eigenvalue weighted by atomic mass is 9.95. The molecule has 4 rings (SSSR count). The fourth-order valence-electron chi connectivity index (χ4n) is 3.19. The number of ether oxygens (including phenoxy) is 1. The van der Waals surface area contributed by atoms with E-state index in [0.29, 0.717) is 29.2 Å². The fraction of sp³-hybridized carbons (Fsp3) is 0.375. The molecule has 2 aliphatic heterocycles. The highest BCUT2D eigenvalue weighted by Gasteiger charge is 2.40. The summed E-state index contributed by atoms with van der Waals surface area (Å²) in [4.78, 5) is 8.90. The van der Waals surface area contributed by atoms with E-state index in [4.69, 9.17) is 16.3 Å². The number of hydrogen-bond donors (Lipinski definition) is 1. The zero-order chi connectivity index (χ0) is 14.2. The van der Waals surface area contributed by atoms with Gasteiger partial charge in [0.05, 0.1) is 18.2 Å². The van der Waals surface area contributed by atoms with Crippen LogP contribution < -0.4 is 5.32 Å². The Balaban J connectivity index is 1.59. The highest BCUT2D eigenvalue weighted by molar-refractivity contribution is 6.29. The van der Waals surface area contributed by atoms with Gasteiger partial charge in [0.2, 0.25) is 0 Å². The molecular formula is C16H16ClN3O. The summed E-state index contributed by atoms with van der Waals surface area (Å²) in [6.07, 6.45) is 4.09. The summed E-state index contributed by atoms with van der Waals surface area (Å²) in [5, 5.41) is 3.92. The predicted octanol–water partition coefficient (Wildman–Crippen LogP) is 3.53. The summed E-state index contributed by atoms with van der Waals surface area (Å²) in [7, 11) is 0. The average Bonchev–Trinajstić information content (AvgIpc) is 3.10. The third-order valence-corrected chi connectivity index (χ3v) is 4.36. The molecule has 2 saturated heterocycles. The molecule has 3 heterocycles. The van der Waals surface area contributed by atoms with Crippen molar-refractivity contribution in [2.75, 3.05) is 5.32 Å². The lowest BCUT2D eigenvalue weighted by Crippen LogP contribution is -2.30. The molecule has 1 N–H and O–H groups in total. The summed E-state index contributed by atoms with van der Waals surface area (Å²) in [5.41, 5.74) is 0.965. The molecule has 3 unspecified atom stereocenters. The van der Waals surface area contributed by atoms with Gasteiger partial charge >= 0.3 is 0 Å². The van der Waals surface area contributed by atoms with Crippen molar-refractivity contribution in [1.29, 1.82) is 0 Å². The Morgan fingerprint density at radius 1 is 1.14 bits per heavy atom. The van der Waals surface area contributed by atoms with Crippen molar-refractivity contribution in [1.82, 2.24) is 9.97 Å². The van der Waals surface area contributed by atoms with E-state index in [1.54, 1.807) is 6.07 Å². The molecule has 2 aromatic rings. The molecule has 21 heavy (non-hydrogen) atoms. The maximum absolute atomic E-state index is 6.14. The number of aromatic nitrogens is 2. The smallest absolute Gasteiger partial charge is 0.163 e. The van der Waals surface area contributed by atoms with Crippen LogP contribution in [-0.4, -0.2) is 28.2 Å². The number of nitrogens with zero attached hydrogens (tertiary/aromatic N) is 2. The maximum Gasteiger partial charge on any atom is 0.163 e. The molecule has 2 bridgehead atoms. The van der Waals surface area contributed by atoms with Crippen LogP contribution in [0.4, 0.5) is 5.82 Å². The first-order chi connectivity index (χ1) is 10.3. The molecule has 0 radical (unpaired) electrons. The van der Waals surface area contributed by atoms with Crippen LogP contribution in [0.5, 0.6) is 0 Å². The average molecular weight is 302 g/mol. The molecular weight excluding hydrogens is 286 g/mol. The Bertz CT molecular complexity index is 649. The lowest BCUT2D eigenvalue weighted by molar-refractivity contribution is 0.102. The molecule has 0 spiro atoms. The third kappa shape index (κ3) is 2.61. The first-order valence-electron chi connectivity index (χ1n) is 7.30. The van der Waals surface area contributed by atoms with Gasteiger partial charge in [0.15, 0.2) is 5.82 Å². The Kier molecular flexibility index (Phi) is 3.28. The number of rotatable bonds is 3. The van der Waals surface area contributed by atoms with Crippen molar-refractivity contribution in [3.8, 4) is 11.4 Å². The van der Waals surface area contributed by atoms with E-state index >= 15 is 0 Å². The minimum absolute atomic E-state index is 0.309. The van der Waals surface area contributed by atoms with Gasteiger partial charge < -0.3 is 10.1 Å². The van der Waals surface area contributed by atoms with E-state index in [-0.39, 0.29) is 0 Å². The zero-order valence-electron chi connectivity index (χ0n) is 11.5. The number of anilines is 1. The monoisotopic (exact) mass is 301 g/mol. The van der Waals surface area contributed by atoms with E-state index < -0.39 is 0 Å². The Morgan fingerprint density at radius 2 is 2.00 bits per heavy atom. The van der Waals surface area contributed by atoms with Gasteiger partial charge in [-0.25, -0.2) is 9.97 Å². The number of nitrogens with one attached hydrogen (secondary N) is 1. The quantitative estimate of drug-likeness (QED) is 0.881. The molecule has 108 valence electrons. The summed E-state index contributed by atoms with van der Waals surface area (Å²) < 4.78 is 5.86. The van der Waals surface area contributed by atoms with Gasteiger partial charge in [-0.2, -0.15) is 0 Å². The Morgan fingerprint density at radius 3 is 2.71 bits per heavy atom. The normalized spacial score (nSPS) is 27.0. The van der Waals surface area contributed by atoms with Gasteiger partial charge in [-0.3, -0.25) is 0 Å². The molecule has 2 fully saturated rings. The molecule has 2 aliphatic rings. The van der Waals surface area contributed by atoms with Gasteiger partial charge in [0.1, 0.15) is 11.0 Å². The molecule has 0 aliphatic carbocycles. The largest absolute Gasteiger partial charge is 0.373 e. The van der Waals surface area contributed by atoms with Crippen molar-refractivity contribution in [3.63, 3.8) is 0 Å². The second kappa shape index (κ2) is 5.28. The van der Waals surface area contributed by atoms with Crippen LogP contribution in [0.3, 0.4) is 0 Å². The molecule has 1 aromatic heterocycles. The highest BCUT2D eigenvalue weighted by atomic mass is 35.5. The van der Waals surface area contributed by atoms with E-state index in [2.05, 4.69) is 15.3 Å². The SMILES string of the molecule is Clc1cc(NC2CC3CCC2O3)nc(-c2ccccc2)n1. The molecule has 1 aromatic carbocycles. The van der Waals surface area contributed by atoms with Gasteiger partial charge in [0.25, 0.3) is 0 Å². The van der Waals surface area contributed by atoms with Crippen LogP contribution in [0.15, 0.2) is 36.4 Å². The summed E-state index contributed by atoms with van der Waals surface area (Å²) in [6, 6.07) is 12.0. The van der Waals surface area contributed by atoms with Crippen LogP contribution in [0.2, 0.25) is 5.15 Å². The van der Waals surface area contributed by atoms with Gasteiger partial charge in [-0.15, -0.1) is 0 Å². The molecule has 5 heteroatoms. The van der Waals surface area contributed by atoms with Crippen molar-refractivity contribution in [2.24, 2.45) is 0 Å². The number of hydrogen-bond acceptors (Lipinski definition) is 4. The van der Waals surface area contributed by atoms with Crippen LogP contribution in [0.1, 0.15) is 19.3 Å². The summed E-state index contributed by atoms with van der Waals surface area (Å²) in [6.45, 7) is 0. The number of benzene rings is 1. The zero-order valence-corrected chi connectivity index (χ0v) is 12.3. The van der Waals surface area contributed by atoms with Crippen LogP contribution in [0.25, 0.3) is 11.4 Å². The number of fused-ring (bicyclic) bond motifs is 2. The lowest BCUT2D eigenvalue weighted by Gasteiger charge is -2.20. The standard InChI is InChI=1S/C16H16ClN3O/c17-14-9-15(18-12-8-11-6-7-13(12)21-11)20-16(19-14)10-4-2-1-3-5-10/h1-5,9,11-13H,6-8H2,(H,18,19,20). The summed E-state index contributed by atoms with van der Waals surface area (Å²) in [5.74, 6) is 1.42. The van der Waals surface area contributed by atoms with E-state index in [0.717, 1.165) is 24.2 Å². The van der Waals surface area contributed by atoms with Crippen molar-refractivity contribution in [3.05, 3.63) is 41.6 Å². The highest BCUT2D eigenvalue weighted by Crippen LogP contribution is 2.36. The minimum atomic E-state index is 0.309. The molecule has 0 amide bonds. The molecule has 4 nitrogen and oxygen atoms in total. The number of halogens is 1. The first-order valence-corrected chi connectivity index (χ1v) is 7.68. The van der Waals surface area contributed by atoms with Crippen molar-refractivity contribution < 1.29 is 4.74 Å². The van der Waals surface area contributed by atoms with Crippen molar-refractivity contribution in [2.45, 2.75) is 37.5 Å².